The summed E-state index contributed by atoms with van der Waals surface area (Å²) in [7, 11) is 0. The zero-order valence-electron chi connectivity index (χ0n) is 5.71. The molecule has 0 heterocycles. The standard InChI is InChI=1S/C8H6FNO/c9-8-2-1-6(5-11)3-7(8)4-10/h1-3,11H,5H2. The molecule has 0 bridgehead atoms. The van der Waals surface area contributed by atoms with E-state index in [0.29, 0.717) is 5.56 Å². The molecule has 0 atom stereocenters. The quantitative estimate of drug-likeness (QED) is 0.655. The third-order valence-electron chi connectivity index (χ3n) is 1.33. The second-order valence-corrected chi connectivity index (χ2v) is 2.08. The van der Waals surface area contributed by atoms with Gasteiger partial charge >= 0.3 is 0 Å². The summed E-state index contributed by atoms with van der Waals surface area (Å²) in [5, 5.41) is 17.0. The molecule has 56 valence electrons. The van der Waals surface area contributed by atoms with E-state index in [0.717, 1.165) is 0 Å². The third-order valence-corrected chi connectivity index (χ3v) is 1.33. The van der Waals surface area contributed by atoms with Crippen molar-refractivity contribution in [2.24, 2.45) is 0 Å². The van der Waals surface area contributed by atoms with Gasteiger partial charge in [-0.2, -0.15) is 5.26 Å². The van der Waals surface area contributed by atoms with E-state index in [1.165, 1.54) is 18.2 Å². The van der Waals surface area contributed by atoms with Crippen LogP contribution in [-0.2, 0) is 6.61 Å². The zero-order chi connectivity index (χ0) is 8.27. The van der Waals surface area contributed by atoms with Crippen molar-refractivity contribution in [3.05, 3.63) is 35.1 Å². The van der Waals surface area contributed by atoms with Crippen molar-refractivity contribution in [1.29, 1.82) is 5.26 Å². The molecule has 0 aliphatic rings. The third kappa shape index (κ3) is 1.54. The van der Waals surface area contributed by atoms with E-state index in [1.54, 1.807) is 6.07 Å². The number of benzene rings is 1. The summed E-state index contributed by atoms with van der Waals surface area (Å²) in [5.41, 5.74) is 0.513. The second-order valence-electron chi connectivity index (χ2n) is 2.08. The van der Waals surface area contributed by atoms with E-state index in [2.05, 4.69) is 0 Å². The highest BCUT2D eigenvalue weighted by Crippen LogP contribution is 2.08. The number of halogens is 1. The van der Waals surface area contributed by atoms with Crippen LogP contribution in [0.4, 0.5) is 4.39 Å². The highest BCUT2D eigenvalue weighted by Gasteiger charge is 2.00. The Morgan fingerprint density at radius 3 is 2.82 bits per heavy atom. The molecule has 0 fully saturated rings. The first-order chi connectivity index (χ1) is 5.27. The molecule has 0 amide bonds. The van der Waals surface area contributed by atoms with E-state index in [1.807, 2.05) is 0 Å². The first kappa shape index (κ1) is 7.70. The lowest BCUT2D eigenvalue weighted by atomic mass is 10.1. The molecular weight excluding hydrogens is 145 g/mol. The molecule has 0 unspecified atom stereocenters. The smallest absolute Gasteiger partial charge is 0.140 e. The molecule has 0 radical (unpaired) electrons. The van der Waals surface area contributed by atoms with Crippen molar-refractivity contribution in [3.63, 3.8) is 0 Å². The highest BCUT2D eigenvalue weighted by atomic mass is 19.1. The predicted octanol–water partition coefficient (Wildman–Crippen LogP) is 1.19. The fourth-order valence-corrected chi connectivity index (χ4v) is 0.756. The normalized spacial score (nSPS) is 9.18. The second kappa shape index (κ2) is 3.13. The van der Waals surface area contributed by atoms with Gasteiger partial charge in [0.1, 0.15) is 11.9 Å². The molecule has 0 saturated heterocycles. The van der Waals surface area contributed by atoms with Crippen molar-refractivity contribution >= 4 is 0 Å². The Labute approximate surface area is 63.5 Å². The molecule has 0 aliphatic carbocycles. The molecule has 1 aromatic carbocycles. The maximum Gasteiger partial charge on any atom is 0.140 e. The van der Waals surface area contributed by atoms with E-state index in [4.69, 9.17) is 10.4 Å². The van der Waals surface area contributed by atoms with Crippen molar-refractivity contribution in [1.82, 2.24) is 0 Å². The average Bonchev–Trinajstić information content (AvgIpc) is 2.05. The van der Waals surface area contributed by atoms with Gasteiger partial charge in [0.15, 0.2) is 0 Å². The fraction of sp³-hybridized carbons (Fsp3) is 0.125. The van der Waals surface area contributed by atoms with Crippen molar-refractivity contribution < 1.29 is 9.50 Å². The SMILES string of the molecule is N#Cc1cc(CO)ccc1F. The number of nitriles is 1. The lowest BCUT2D eigenvalue weighted by Crippen LogP contribution is -1.88. The van der Waals surface area contributed by atoms with Crippen LogP contribution < -0.4 is 0 Å². The molecule has 0 spiro atoms. The monoisotopic (exact) mass is 151 g/mol. The molecule has 1 aromatic rings. The van der Waals surface area contributed by atoms with Crippen LogP contribution >= 0.6 is 0 Å². The molecule has 2 nitrogen and oxygen atoms in total. The van der Waals surface area contributed by atoms with Gasteiger partial charge in [-0.3, -0.25) is 0 Å². The molecule has 0 aliphatic heterocycles. The highest BCUT2D eigenvalue weighted by molar-refractivity contribution is 5.33. The number of hydrogen-bond acceptors (Lipinski definition) is 2. The Hall–Kier alpha value is -1.40. The topological polar surface area (TPSA) is 44.0 Å². The van der Waals surface area contributed by atoms with E-state index in [9.17, 15) is 4.39 Å². The van der Waals surface area contributed by atoms with Crippen LogP contribution in [0.2, 0.25) is 0 Å². The Morgan fingerprint density at radius 1 is 1.55 bits per heavy atom. The zero-order valence-corrected chi connectivity index (χ0v) is 5.71. The largest absolute Gasteiger partial charge is 0.392 e. The molecule has 3 heteroatoms. The maximum absolute atomic E-state index is 12.6. The van der Waals surface area contributed by atoms with Crippen LogP contribution in [0.3, 0.4) is 0 Å². The van der Waals surface area contributed by atoms with Crippen LogP contribution in [0.25, 0.3) is 0 Å². The van der Waals surface area contributed by atoms with Crippen molar-refractivity contribution in [2.75, 3.05) is 0 Å². The molecule has 1 N–H and O–H groups in total. The summed E-state index contributed by atoms with van der Waals surface area (Å²) in [4.78, 5) is 0. The number of hydrogen-bond donors (Lipinski definition) is 1. The number of nitrogens with zero attached hydrogens (tertiary/aromatic N) is 1. The Bertz CT molecular complexity index is 303. The van der Waals surface area contributed by atoms with Crippen molar-refractivity contribution in [3.8, 4) is 6.07 Å². The maximum atomic E-state index is 12.6. The predicted molar refractivity (Wildman–Crippen MR) is 37.0 cm³/mol. The summed E-state index contributed by atoms with van der Waals surface area (Å²) >= 11 is 0. The van der Waals surface area contributed by atoms with Gasteiger partial charge in [0.2, 0.25) is 0 Å². The lowest BCUT2D eigenvalue weighted by Gasteiger charge is -1.96. The van der Waals surface area contributed by atoms with Gasteiger partial charge in [-0.05, 0) is 17.7 Å². The van der Waals surface area contributed by atoms with Crippen LogP contribution in [0.15, 0.2) is 18.2 Å². The van der Waals surface area contributed by atoms with Gasteiger partial charge in [0.05, 0.1) is 12.2 Å². The van der Waals surface area contributed by atoms with Gasteiger partial charge in [-0.1, -0.05) is 6.07 Å². The average molecular weight is 151 g/mol. The molecule has 0 aromatic heterocycles. The summed E-state index contributed by atoms with van der Waals surface area (Å²) in [6.07, 6.45) is 0. The number of aliphatic hydroxyl groups is 1. The summed E-state index contributed by atoms with van der Waals surface area (Å²) in [5.74, 6) is -0.551. The Kier molecular flexibility index (Phi) is 2.19. The first-order valence-corrected chi connectivity index (χ1v) is 3.07. The number of aliphatic hydroxyl groups excluding tert-OH is 1. The first-order valence-electron chi connectivity index (χ1n) is 3.07. The minimum Gasteiger partial charge on any atom is -0.392 e. The van der Waals surface area contributed by atoms with Gasteiger partial charge in [-0.25, -0.2) is 4.39 Å². The van der Waals surface area contributed by atoms with E-state index >= 15 is 0 Å². The molecular formula is C8H6FNO. The van der Waals surface area contributed by atoms with Crippen LogP contribution in [-0.4, -0.2) is 5.11 Å². The Morgan fingerprint density at radius 2 is 2.27 bits per heavy atom. The summed E-state index contributed by atoms with van der Waals surface area (Å²) in [6, 6.07) is 5.62. The molecule has 1 rings (SSSR count). The van der Waals surface area contributed by atoms with E-state index in [-0.39, 0.29) is 12.2 Å². The van der Waals surface area contributed by atoms with Crippen LogP contribution in [0.1, 0.15) is 11.1 Å². The molecule has 11 heavy (non-hydrogen) atoms. The lowest BCUT2D eigenvalue weighted by molar-refractivity contribution is 0.281. The summed E-state index contributed by atoms with van der Waals surface area (Å²) in [6.45, 7) is -0.172. The minimum absolute atomic E-state index is 0.0310. The Balaban J connectivity index is 3.15. The van der Waals surface area contributed by atoms with Crippen LogP contribution in [0, 0.1) is 17.1 Å². The van der Waals surface area contributed by atoms with Crippen LogP contribution in [0.5, 0.6) is 0 Å². The van der Waals surface area contributed by atoms with E-state index < -0.39 is 5.82 Å². The van der Waals surface area contributed by atoms with Gasteiger partial charge in [0.25, 0.3) is 0 Å². The van der Waals surface area contributed by atoms with Gasteiger partial charge in [0, 0.05) is 0 Å². The van der Waals surface area contributed by atoms with Gasteiger partial charge in [-0.15, -0.1) is 0 Å². The van der Waals surface area contributed by atoms with Crippen molar-refractivity contribution in [2.45, 2.75) is 6.61 Å². The van der Waals surface area contributed by atoms with Gasteiger partial charge < -0.3 is 5.11 Å². The minimum atomic E-state index is -0.551. The molecule has 0 saturated carbocycles. The summed E-state index contributed by atoms with van der Waals surface area (Å²) < 4.78 is 12.6. The fourth-order valence-electron chi connectivity index (χ4n) is 0.756. The number of rotatable bonds is 1.